The van der Waals surface area contributed by atoms with Gasteiger partial charge in [0.1, 0.15) is 0 Å². The quantitative estimate of drug-likeness (QED) is 0.929. The molecule has 0 radical (unpaired) electrons. The van der Waals surface area contributed by atoms with Gasteiger partial charge in [0.05, 0.1) is 11.7 Å². The van der Waals surface area contributed by atoms with Gasteiger partial charge < -0.3 is 15.4 Å². The number of nitrogens with two attached hydrogens (primary N) is 1. The summed E-state index contributed by atoms with van der Waals surface area (Å²) < 4.78 is 44.8. The molecular weight excluding hydrogens is 281 g/mol. The molecule has 0 aromatic heterocycles. The van der Waals surface area contributed by atoms with Crippen molar-refractivity contribution in [3.63, 3.8) is 0 Å². The van der Waals surface area contributed by atoms with Gasteiger partial charge in [0.15, 0.2) is 0 Å². The summed E-state index contributed by atoms with van der Waals surface area (Å²) in [5, 5.41) is 0. The summed E-state index contributed by atoms with van der Waals surface area (Å²) in [5.74, 6) is 0. The second kappa shape index (κ2) is 6.66. The molecule has 1 aromatic rings. The SMILES string of the molecule is COC1CCN(c2ccc(CCN)c(C(F)(F)F)c2)CC1. The summed E-state index contributed by atoms with van der Waals surface area (Å²) in [7, 11) is 1.67. The van der Waals surface area contributed by atoms with E-state index in [1.54, 1.807) is 19.2 Å². The lowest BCUT2D eigenvalue weighted by molar-refractivity contribution is -0.138. The van der Waals surface area contributed by atoms with Crippen LogP contribution in [0.2, 0.25) is 0 Å². The smallest absolute Gasteiger partial charge is 0.381 e. The minimum atomic E-state index is -4.34. The highest BCUT2D eigenvalue weighted by Crippen LogP contribution is 2.35. The minimum Gasteiger partial charge on any atom is -0.381 e. The first-order valence-corrected chi connectivity index (χ1v) is 7.13. The van der Waals surface area contributed by atoms with Crippen LogP contribution in [-0.2, 0) is 17.3 Å². The molecule has 0 unspecified atom stereocenters. The molecule has 1 saturated heterocycles. The average molecular weight is 302 g/mol. The van der Waals surface area contributed by atoms with E-state index in [1.807, 2.05) is 4.90 Å². The number of nitrogens with zero attached hydrogens (tertiary/aromatic N) is 1. The van der Waals surface area contributed by atoms with Crippen LogP contribution in [0.25, 0.3) is 0 Å². The molecule has 1 fully saturated rings. The lowest BCUT2D eigenvalue weighted by atomic mass is 10.0. The van der Waals surface area contributed by atoms with Gasteiger partial charge in [-0.05, 0) is 43.5 Å². The van der Waals surface area contributed by atoms with Gasteiger partial charge in [-0.15, -0.1) is 0 Å². The number of methoxy groups -OCH3 is 1. The largest absolute Gasteiger partial charge is 0.416 e. The van der Waals surface area contributed by atoms with Crippen molar-refractivity contribution in [2.45, 2.75) is 31.5 Å². The highest BCUT2D eigenvalue weighted by Gasteiger charge is 2.34. The van der Waals surface area contributed by atoms with E-state index in [4.69, 9.17) is 10.5 Å². The minimum absolute atomic E-state index is 0.208. The molecular formula is C15H21F3N2O. The topological polar surface area (TPSA) is 38.5 Å². The maximum absolute atomic E-state index is 13.2. The summed E-state index contributed by atoms with van der Waals surface area (Å²) >= 11 is 0. The molecule has 0 spiro atoms. The Kier molecular flexibility index (Phi) is 5.11. The molecule has 6 heteroatoms. The highest BCUT2D eigenvalue weighted by molar-refractivity contribution is 5.52. The first kappa shape index (κ1) is 16.1. The van der Waals surface area contributed by atoms with E-state index in [9.17, 15) is 13.2 Å². The molecule has 118 valence electrons. The zero-order valence-electron chi connectivity index (χ0n) is 12.1. The number of rotatable bonds is 4. The zero-order valence-corrected chi connectivity index (χ0v) is 12.1. The lowest BCUT2D eigenvalue weighted by Crippen LogP contribution is -2.36. The number of anilines is 1. The highest BCUT2D eigenvalue weighted by atomic mass is 19.4. The molecule has 0 aliphatic carbocycles. The molecule has 3 nitrogen and oxygen atoms in total. The van der Waals surface area contributed by atoms with E-state index in [1.165, 1.54) is 6.07 Å². The first-order chi connectivity index (χ1) is 9.95. The van der Waals surface area contributed by atoms with Crippen LogP contribution in [0, 0.1) is 0 Å². The van der Waals surface area contributed by atoms with Gasteiger partial charge in [-0.25, -0.2) is 0 Å². The Hall–Kier alpha value is -1.27. The monoisotopic (exact) mass is 302 g/mol. The molecule has 21 heavy (non-hydrogen) atoms. The van der Waals surface area contributed by atoms with E-state index < -0.39 is 11.7 Å². The lowest BCUT2D eigenvalue weighted by Gasteiger charge is -2.33. The summed E-state index contributed by atoms with van der Waals surface area (Å²) in [6.45, 7) is 1.64. The number of hydrogen-bond acceptors (Lipinski definition) is 3. The Labute approximate surface area is 122 Å². The van der Waals surface area contributed by atoms with Crippen molar-refractivity contribution in [3.8, 4) is 0 Å². The predicted molar refractivity (Wildman–Crippen MR) is 76.4 cm³/mol. The van der Waals surface area contributed by atoms with Crippen molar-refractivity contribution in [2.75, 3.05) is 31.6 Å². The standard InChI is InChI=1S/C15H21F3N2O/c1-21-13-5-8-20(9-6-13)12-3-2-11(4-7-19)14(10-12)15(16,17)18/h2-3,10,13H,4-9,19H2,1H3. The predicted octanol–water partition coefficient (Wildman–Crippen LogP) is 2.82. The Morgan fingerprint density at radius 2 is 1.95 bits per heavy atom. The van der Waals surface area contributed by atoms with Gasteiger partial charge in [0.25, 0.3) is 0 Å². The van der Waals surface area contributed by atoms with Crippen LogP contribution in [0.3, 0.4) is 0 Å². The number of piperidine rings is 1. The number of hydrogen-bond donors (Lipinski definition) is 1. The van der Waals surface area contributed by atoms with E-state index in [0.29, 0.717) is 18.8 Å². The van der Waals surface area contributed by atoms with Crippen molar-refractivity contribution in [1.82, 2.24) is 0 Å². The van der Waals surface area contributed by atoms with Crippen molar-refractivity contribution >= 4 is 5.69 Å². The van der Waals surface area contributed by atoms with E-state index in [2.05, 4.69) is 0 Å². The van der Waals surface area contributed by atoms with E-state index in [-0.39, 0.29) is 24.6 Å². The van der Waals surface area contributed by atoms with Crippen LogP contribution in [0.1, 0.15) is 24.0 Å². The van der Waals surface area contributed by atoms with Gasteiger partial charge in [-0.2, -0.15) is 13.2 Å². The Balaban J connectivity index is 2.22. The Bertz CT molecular complexity index is 468. The van der Waals surface area contributed by atoms with Crippen LogP contribution < -0.4 is 10.6 Å². The van der Waals surface area contributed by atoms with Crippen LogP contribution in [0.5, 0.6) is 0 Å². The molecule has 1 aliphatic heterocycles. The van der Waals surface area contributed by atoms with Gasteiger partial charge in [0.2, 0.25) is 0 Å². The molecule has 1 aliphatic rings. The average Bonchev–Trinajstić information content (AvgIpc) is 2.47. The fourth-order valence-corrected chi connectivity index (χ4v) is 2.75. The van der Waals surface area contributed by atoms with Crippen molar-refractivity contribution < 1.29 is 17.9 Å². The van der Waals surface area contributed by atoms with Gasteiger partial charge in [-0.3, -0.25) is 0 Å². The summed E-state index contributed by atoms with van der Waals surface area (Å²) in [4.78, 5) is 1.98. The first-order valence-electron chi connectivity index (χ1n) is 7.13. The van der Waals surface area contributed by atoms with Crippen LogP contribution in [0.15, 0.2) is 18.2 Å². The Morgan fingerprint density at radius 1 is 1.29 bits per heavy atom. The van der Waals surface area contributed by atoms with Gasteiger partial charge in [0, 0.05) is 25.9 Å². The number of ether oxygens (including phenoxy) is 1. The third-order valence-electron chi connectivity index (χ3n) is 3.95. The molecule has 2 rings (SSSR count). The van der Waals surface area contributed by atoms with Crippen molar-refractivity contribution in [2.24, 2.45) is 5.73 Å². The third-order valence-corrected chi connectivity index (χ3v) is 3.95. The molecule has 2 N–H and O–H groups in total. The van der Waals surface area contributed by atoms with E-state index in [0.717, 1.165) is 12.8 Å². The fraction of sp³-hybridized carbons (Fsp3) is 0.600. The molecule has 1 aromatic carbocycles. The number of benzene rings is 1. The molecule has 0 atom stereocenters. The molecule has 0 saturated carbocycles. The number of halogens is 3. The summed E-state index contributed by atoms with van der Waals surface area (Å²) in [6.07, 6.45) is -2.23. The maximum atomic E-state index is 13.2. The summed E-state index contributed by atoms with van der Waals surface area (Å²) in [6, 6.07) is 4.55. The summed E-state index contributed by atoms with van der Waals surface area (Å²) in [5.41, 5.74) is 5.71. The van der Waals surface area contributed by atoms with Gasteiger partial charge >= 0.3 is 6.18 Å². The van der Waals surface area contributed by atoms with Crippen LogP contribution in [-0.4, -0.2) is 32.8 Å². The molecule has 1 heterocycles. The normalized spacial score (nSPS) is 17.3. The second-order valence-corrected chi connectivity index (χ2v) is 5.30. The number of alkyl halides is 3. The maximum Gasteiger partial charge on any atom is 0.416 e. The van der Waals surface area contributed by atoms with Crippen molar-refractivity contribution in [1.29, 1.82) is 0 Å². The van der Waals surface area contributed by atoms with Crippen LogP contribution >= 0.6 is 0 Å². The molecule has 0 bridgehead atoms. The van der Waals surface area contributed by atoms with Crippen LogP contribution in [0.4, 0.5) is 18.9 Å². The Morgan fingerprint density at radius 3 is 2.48 bits per heavy atom. The van der Waals surface area contributed by atoms with Gasteiger partial charge in [-0.1, -0.05) is 6.07 Å². The third kappa shape index (κ3) is 3.89. The fourth-order valence-electron chi connectivity index (χ4n) is 2.75. The molecule has 0 amide bonds. The van der Waals surface area contributed by atoms with E-state index >= 15 is 0 Å². The second-order valence-electron chi connectivity index (χ2n) is 5.30. The zero-order chi connectivity index (χ0) is 15.5. The van der Waals surface area contributed by atoms with Crippen molar-refractivity contribution in [3.05, 3.63) is 29.3 Å².